The first-order chi connectivity index (χ1) is 14.6. The van der Waals surface area contributed by atoms with Crippen molar-refractivity contribution < 1.29 is 22.8 Å². The fourth-order valence-electron chi connectivity index (χ4n) is 4.48. The van der Waals surface area contributed by atoms with E-state index in [1.165, 1.54) is 0 Å². The Bertz CT molecular complexity index is 1020. The molecule has 2 atom stereocenters. The van der Waals surface area contributed by atoms with Gasteiger partial charge in [0.1, 0.15) is 5.69 Å². The number of fused-ring (bicyclic) bond motifs is 1. The second-order valence-corrected chi connectivity index (χ2v) is 8.63. The van der Waals surface area contributed by atoms with Crippen LogP contribution in [0.2, 0.25) is 0 Å². The van der Waals surface area contributed by atoms with Gasteiger partial charge in [-0.25, -0.2) is 9.50 Å². The van der Waals surface area contributed by atoms with Crippen molar-refractivity contribution in [3.05, 3.63) is 29.2 Å². The first-order valence-corrected chi connectivity index (χ1v) is 10.6. The van der Waals surface area contributed by atoms with Crippen LogP contribution in [-0.2, 0) is 22.2 Å². The monoisotopic (exact) mass is 437 g/mol. The van der Waals surface area contributed by atoms with Crippen molar-refractivity contribution in [2.24, 2.45) is 5.92 Å². The van der Waals surface area contributed by atoms with E-state index in [1.54, 1.807) is 22.8 Å². The van der Waals surface area contributed by atoms with Crippen molar-refractivity contribution >= 4 is 17.5 Å². The first kappa shape index (κ1) is 21.6. The Morgan fingerprint density at radius 2 is 2.00 bits per heavy atom. The van der Waals surface area contributed by atoms with E-state index in [2.05, 4.69) is 10.1 Å². The molecule has 0 spiro atoms. The fraction of sp³-hybridized carbons (Fsp3) is 0.619. The molecule has 2 aromatic rings. The number of halogens is 3. The van der Waals surface area contributed by atoms with Gasteiger partial charge < -0.3 is 9.80 Å². The van der Waals surface area contributed by atoms with E-state index in [0.717, 1.165) is 10.6 Å². The molecule has 2 amide bonds. The number of nitrogens with zero attached hydrogens (tertiary/aromatic N) is 5. The lowest BCUT2D eigenvalue weighted by molar-refractivity contribution is -0.142. The highest BCUT2D eigenvalue weighted by Gasteiger charge is 2.40. The summed E-state index contributed by atoms with van der Waals surface area (Å²) >= 11 is 0. The Morgan fingerprint density at radius 3 is 2.61 bits per heavy atom. The number of alkyl halides is 3. The molecule has 2 aromatic heterocycles. The van der Waals surface area contributed by atoms with E-state index >= 15 is 0 Å². The molecule has 0 saturated carbocycles. The summed E-state index contributed by atoms with van der Waals surface area (Å²) in [5.41, 5.74) is 0.188. The van der Waals surface area contributed by atoms with Crippen molar-refractivity contribution in [2.75, 3.05) is 19.6 Å². The van der Waals surface area contributed by atoms with Gasteiger partial charge in [-0.3, -0.25) is 9.59 Å². The van der Waals surface area contributed by atoms with Crippen LogP contribution in [0.15, 0.2) is 12.1 Å². The van der Waals surface area contributed by atoms with E-state index < -0.39 is 11.9 Å². The molecule has 7 nitrogen and oxygen atoms in total. The SMILES string of the molecule is CCc1cc(C(F)(F)F)n2nc([C@H]3CCN(C(=O)[C@@H]4CC(=O)N(C(C)C)C4)C3)cc2n1. The molecule has 168 valence electrons. The van der Waals surface area contributed by atoms with Crippen LogP contribution in [0.1, 0.15) is 56.6 Å². The predicted molar refractivity (Wildman–Crippen MR) is 106 cm³/mol. The van der Waals surface area contributed by atoms with Gasteiger partial charge in [-0.05, 0) is 32.8 Å². The van der Waals surface area contributed by atoms with Crippen molar-refractivity contribution in [3.63, 3.8) is 0 Å². The van der Waals surface area contributed by atoms with Gasteiger partial charge in [0.25, 0.3) is 0 Å². The molecule has 10 heteroatoms. The maximum atomic E-state index is 13.5. The third kappa shape index (κ3) is 3.99. The average molecular weight is 437 g/mol. The highest BCUT2D eigenvalue weighted by Crippen LogP contribution is 2.33. The summed E-state index contributed by atoms with van der Waals surface area (Å²) in [5, 5.41) is 4.21. The zero-order valence-electron chi connectivity index (χ0n) is 17.8. The fourth-order valence-corrected chi connectivity index (χ4v) is 4.48. The Morgan fingerprint density at radius 1 is 1.26 bits per heavy atom. The maximum absolute atomic E-state index is 13.5. The standard InChI is InChI=1S/C21H26F3N5O2/c1-4-15-8-17(21(22,23)24)29-18(25-15)9-16(26-29)13-5-6-27(10-13)20(31)14-7-19(30)28(11-14)12(2)3/h8-9,12-14H,4-7,10-11H2,1-3H3/t13-,14+/m0/s1. The lowest BCUT2D eigenvalue weighted by Gasteiger charge is -2.23. The molecule has 2 saturated heterocycles. The molecule has 2 aliphatic rings. The lowest BCUT2D eigenvalue weighted by atomic mass is 10.1. The van der Waals surface area contributed by atoms with Crippen LogP contribution in [0.25, 0.3) is 5.65 Å². The van der Waals surface area contributed by atoms with Gasteiger partial charge in [0.15, 0.2) is 5.65 Å². The number of rotatable bonds is 4. The molecule has 0 unspecified atom stereocenters. The molecule has 0 N–H and O–H groups in total. The van der Waals surface area contributed by atoms with Gasteiger partial charge in [-0.2, -0.15) is 18.3 Å². The molecule has 0 radical (unpaired) electrons. The van der Waals surface area contributed by atoms with Crippen LogP contribution >= 0.6 is 0 Å². The average Bonchev–Trinajstić information content (AvgIpc) is 3.42. The third-order valence-electron chi connectivity index (χ3n) is 6.20. The molecular weight excluding hydrogens is 411 g/mol. The minimum absolute atomic E-state index is 0.0121. The summed E-state index contributed by atoms with van der Waals surface area (Å²) in [7, 11) is 0. The van der Waals surface area contributed by atoms with Gasteiger partial charge in [-0.15, -0.1) is 0 Å². The molecule has 31 heavy (non-hydrogen) atoms. The van der Waals surface area contributed by atoms with Gasteiger partial charge in [0, 0.05) is 49.8 Å². The van der Waals surface area contributed by atoms with Crippen molar-refractivity contribution in [1.29, 1.82) is 0 Å². The van der Waals surface area contributed by atoms with Crippen LogP contribution in [0.4, 0.5) is 13.2 Å². The molecular formula is C21H26F3N5O2. The predicted octanol–water partition coefficient (Wildman–Crippen LogP) is 2.88. The zero-order chi connectivity index (χ0) is 22.5. The largest absolute Gasteiger partial charge is 0.433 e. The molecule has 4 rings (SSSR count). The van der Waals surface area contributed by atoms with Crippen molar-refractivity contribution in [3.8, 4) is 0 Å². The Labute approximate surface area is 178 Å². The summed E-state index contributed by atoms with van der Waals surface area (Å²) in [6.45, 7) is 6.91. The van der Waals surface area contributed by atoms with Gasteiger partial charge in [0.05, 0.1) is 11.6 Å². The van der Waals surface area contributed by atoms with E-state index in [0.29, 0.717) is 43.9 Å². The minimum atomic E-state index is -4.54. The summed E-state index contributed by atoms with van der Waals surface area (Å²) in [6, 6.07) is 2.68. The number of hydrogen-bond donors (Lipinski definition) is 0. The maximum Gasteiger partial charge on any atom is 0.433 e. The van der Waals surface area contributed by atoms with E-state index in [4.69, 9.17) is 0 Å². The lowest BCUT2D eigenvalue weighted by Crippen LogP contribution is -2.37. The number of amides is 2. The second kappa shape index (κ2) is 7.80. The Balaban J connectivity index is 1.53. The van der Waals surface area contributed by atoms with Crippen LogP contribution in [0.5, 0.6) is 0 Å². The van der Waals surface area contributed by atoms with Crippen LogP contribution in [-0.4, -0.2) is 61.9 Å². The smallest absolute Gasteiger partial charge is 0.342 e. The Hall–Kier alpha value is -2.65. The second-order valence-electron chi connectivity index (χ2n) is 8.63. The molecule has 0 aliphatic carbocycles. The van der Waals surface area contributed by atoms with E-state index in [1.807, 2.05) is 13.8 Å². The quantitative estimate of drug-likeness (QED) is 0.738. The summed E-state index contributed by atoms with van der Waals surface area (Å²) in [6.07, 6.45) is -3.32. The van der Waals surface area contributed by atoms with Crippen LogP contribution in [0, 0.1) is 5.92 Å². The number of hydrogen-bond acceptors (Lipinski definition) is 4. The van der Waals surface area contributed by atoms with Gasteiger partial charge in [0.2, 0.25) is 11.8 Å². The molecule has 0 bridgehead atoms. The van der Waals surface area contributed by atoms with E-state index in [9.17, 15) is 22.8 Å². The van der Waals surface area contributed by atoms with Crippen molar-refractivity contribution in [1.82, 2.24) is 24.4 Å². The van der Waals surface area contributed by atoms with Crippen LogP contribution in [0.3, 0.4) is 0 Å². The summed E-state index contributed by atoms with van der Waals surface area (Å²) in [4.78, 5) is 32.8. The normalized spacial score (nSPS) is 22.4. The Kier molecular flexibility index (Phi) is 5.43. The molecule has 2 aliphatic heterocycles. The highest BCUT2D eigenvalue weighted by atomic mass is 19.4. The number of aromatic nitrogens is 3. The zero-order valence-corrected chi connectivity index (χ0v) is 17.8. The molecule has 0 aromatic carbocycles. The topological polar surface area (TPSA) is 70.8 Å². The number of carbonyl (C=O) groups is 2. The third-order valence-corrected chi connectivity index (χ3v) is 6.20. The molecule has 4 heterocycles. The van der Waals surface area contributed by atoms with Crippen LogP contribution < -0.4 is 0 Å². The van der Waals surface area contributed by atoms with Gasteiger partial charge in [-0.1, -0.05) is 6.92 Å². The van der Waals surface area contributed by atoms with Gasteiger partial charge >= 0.3 is 6.18 Å². The first-order valence-electron chi connectivity index (χ1n) is 10.6. The summed E-state index contributed by atoms with van der Waals surface area (Å²) < 4.78 is 41.4. The van der Waals surface area contributed by atoms with Crippen molar-refractivity contribution in [2.45, 2.75) is 58.2 Å². The minimum Gasteiger partial charge on any atom is -0.342 e. The van der Waals surface area contributed by atoms with E-state index in [-0.39, 0.29) is 41.8 Å². The number of carbonyl (C=O) groups excluding carboxylic acids is 2. The molecule has 2 fully saturated rings. The summed E-state index contributed by atoms with van der Waals surface area (Å²) in [5.74, 6) is -0.595. The number of aryl methyl sites for hydroxylation is 1. The highest BCUT2D eigenvalue weighted by molar-refractivity contribution is 5.89. The number of likely N-dealkylation sites (tertiary alicyclic amines) is 2.